The molecule has 0 saturated heterocycles. The molecule has 21 heavy (non-hydrogen) atoms. The summed E-state index contributed by atoms with van der Waals surface area (Å²) < 4.78 is 0. The predicted molar refractivity (Wildman–Crippen MR) is 94.8 cm³/mol. The molecule has 112 valence electrons. The van der Waals surface area contributed by atoms with Crippen LogP contribution in [0.4, 0.5) is 5.82 Å². The van der Waals surface area contributed by atoms with Crippen LogP contribution < -0.4 is 11.1 Å². The van der Waals surface area contributed by atoms with E-state index in [4.69, 9.17) is 18.0 Å². The molecule has 0 spiro atoms. The molecule has 0 bridgehead atoms. The standard InChI is InChI=1S/C17H23N3S/c1-12(2)7-5-6-10-19-16-11-14(17(18)21)13-8-3-4-9-15(13)20-16/h3-4,8-9,11-12H,5-7,10H2,1-2H3,(H2,18,21)(H,19,20). The molecule has 0 aliphatic heterocycles. The summed E-state index contributed by atoms with van der Waals surface area (Å²) in [6.45, 7) is 5.44. The van der Waals surface area contributed by atoms with E-state index in [1.165, 1.54) is 12.8 Å². The molecular formula is C17H23N3S. The Morgan fingerprint density at radius 2 is 2.05 bits per heavy atom. The minimum absolute atomic E-state index is 0.413. The molecule has 0 aliphatic rings. The van der Waals surface area contributed by atoms with Crippen molar-refractivity contribution in [1.82, 2.24) is 4.98 Å². The summed E-state index contributed by atoms with van der Waals surface area (Å²) in [5.41, 5.74) is 7.65. The molecule has 2 rings (SSSR count). The van der Waals surface area contributed by atoms with Gasteiger partial charge in [-0.3, -0.25) is 0 Å². The highest BCUT2D eigenvalue weighted by Gasteiger charge is 2.07. The number of pyridine rings is 1. The number of benzene rings is 1. The van der Waals surface area contributed by atoms with Crippen LogP contribution in [0.15, 0.2) is 30.3 Å². The third-order valence-electron chi connectivity index (χ3n) is 3.50. The molecular weight excluding hydrogens is 278 g/mol. The maximum atomic E-state index is 5.83. The van der Waals surface area contributed by atoms with Crippen LogP contribution in [-0.4, -0.2) is 16.5 Å². The molecule has 1 aromatic heterocycles. The monoisotopic (exact) mass is 301 g/mol. The average Bonchev–Trinajstić information content (AvgIpc) is 2.45. The van der Waals surface area contributed by atoms with Gasteiger partial charge < -0.3 is 11.1 Å². The van der Waals surface area contributed by atoms with Gasteiger partial charge in [-0.25, -0.2) is 4.98 Å². The summed E-state index contributed by atoms with van der Waals surface area (Å²) in [6.07, 6.45) is 3.65. The maximum absolute atomic E-state index is 5.83. The lowest BCUT2D eigenvalue weighted by molar-refractivity contribution is 0.544. The van der Waals surface area contributed by atoms with Gasteiger partial charge in [0.15, 0.2) is 0 Å². The molecule has 1 aromatic carbocycles. The van der Waals surface area contributed by atoms with Gasteiger partial charge in [0, 0.05) is 17.5 Å². The van der Waals surface area contributed by atoms with Crippen molar-refractivity contribution in [3.8, 4) is 0 Å². The van der Waals surface area contributed by atoms with Crippen LogP contribution in [0.25, 0.3) is 10.9 Å². The summed E-state index contributed by atoms with van der Waals surface area (Å²) in [7, 11) is 0. The Balaban J connectivity index is 2.08. The largest absolute Gasteiger partial charge is 0.389 e. The Morgan fingerprint density at radius 3 is 2.76 bits per heavy atom. The number of unbranched alkanes of at least 4 members (excludes halogenated alkanes) is 1. The molecule has 3 nitrogen and oxygen atoms in total. The molecule has 2 aromatic rings. The Kier molecular flexibility index (Phi) is 5.51. The number of thiocarbonyl (C=S) groups is 1. The van der Waals surface area contributed by atoms with E-state index in [0.29, 0.717) is 4.99 Å². The second kappa shape index (κ2) is 7.36. The predicted octanol–water partition coefficient (Wildman–Crippen LogP) is 4.11. The third-order valence-corrected chi connectivity index (χ3v) is 3.72. The SMILES string of the molecule is CC(C)CCCCNc1cc(C(N)=S)c2ccccc2n1. The van der Waals surface area contributed by atoms with Gasteiger partial charge in [0.25, 0.3) is 0 Å². The third kappa shape index (κ3) is 4.39. The van der Waals surface area contributed by atoms with Crippen LogP contribution >= 0.6 is 12.2 Å². The van der Waals surface area contributed by atoms with Gasteiger partial charge in [-0.05, 0) is 24.5 Å². The normalized spacial score (nSPS) is 11.0. The van der Waals surface area contributed by atoms with Crippen molar-refractivity contribution in [1.29, 1.82) is 0 Å². The van der Waals surface area contributed by atoms with Crippen molar-refractivity contribution in [2.45, 2.75) is 33.1 Å². The average molecular weight is 301 g/mol. The van der Waals surface area contributed by atoms with Crippen molar-refractivity contribution in [2.24, 2.45) is 11.7 Å². The fourth-order valence-electron chi connectivity index (χ4n) is 2.36. The highest BCUT2D eigenvalue weighted by Crippen LogP contribution is 2.20. The lowest BCUT2D eigenvalue weighted by atomic mass is 10.1. The van der Waals surface area contributed by atoms with Crippen molar-refractivity contribution in [2.75, 3.05) is 11.9 Å². The number of anilines is 1. The summed E-state index contributed by atoms with van der Waals surface area (Å²) in [4.78, 5) is 5.04. The zero-order chi connectivity index (χ0) is 15.2. The van der Waals surface area contributed by atoms with Gasteiger partial charge in [-0.1, -0.05) is 57.1 Å². The Morgan fingerprint density at radius 1 is 1.29 bits per heavy atom. The fourth-order valence-corrected chi connectivity index (χ4v) is 2.53. The van der Waals surface area contributed by atoms with E-state index in [1.54, 1.807) is 0 Å². The van der Waals surface area contributed by atoms with E-state index < -0.39 is 0 Å². The first-order chi connectivity index (χ1) is 10.1. The van der Waals surface area contributed by atoms with E-state index in [2.05, 4.69) is 24.1 Å². The van der Waals surface area contributed by atoms with Gasteiger partial charge in [0.05, 0.1) is 5.52 Å². The molecule has 0 fully saturated rings. The van der Waals surface area contributed by atoms with Crippen LogP contribution in [-0.2, 0) is 0 Å². The Hall–Kier alpha value is -1.68. The van der Waals surface area contributed by atoms with Gasteiger partial charge in [-0.2, -0.15) is 0 Å². The molecule has 3 N–H and O–H groups in total. The minimum atomic E-state index is 0.413. The number of para-hydroxylation sites is 1. The highest BCUT2D eigenvalue weighted by molar-refractivity contribution is 7.80. The summed E-state index contributed by atoms with van der Waals surface area (Å²) in [5, 5.41) is 4.39. The molecule has 0 radical (unpaired) electrons. The van der Waals surface area contributed by atoms with Crippen molar-refractivity contribution < 1.29 is 0 Å². The van der Waals surface area contributed by atoms with E-state index in [1.807, 2.05) is 30.3 Å². The van der Waals surface area contributed by atoms with Crippen LogP contribution in [0.1, 0.15) is 38.7 Å². The lowest BCUT2D eigenvalue weighted by Gasteiger charge is -2.11. The molecule has 0 atom stereocenters. The van der Waals surface area contributed by atoms with E-state index in [9.17, 15) is 0 Å². The number of hydrogen-bond acceptors (Lipinski definition) is 3. The number of nitrogens with two attached hydrogens (primary N) is 1. The number of nitrogens with one attached hydrogen (secondary N) is 1. The molecule has 0 unspecified atom stereocenters. The molecule has 0 saturated carbocycles. The molecule has 0 aliphatic carbocycles. The fraction of sp³-hybridized carbons (Fsp3) is 0.412. The first kappa shape index (κ1) is 15.7. The maximum Gasteiger partial charge on any atom is 0.127 e. The number of aromatic nitrogens is 1. The minimum Gasteiger partial charge on any atom is -0.389 e. The number of nitrogens with zero attached hydrogens (tertiary/aromatic N) is 1. The second-order valence-electron chi connectivity index (χ2n) is 5.75. The summed E-state index contributed by atoms with van der Waals surface area (Å²) in [5.74, 6) is 1.62. The molecule has 4 heteroatoms. The number of rotatable bonds is 7. The topological polar surface area (TPSA) is 50.9 Å². The Bertz CT molecular complexity index is 622. The van der Waals surface area contributed by atoms with Gasteiger partial charge >= 0.3 is 0 Å². The first-order valence-electron chi connectivity index (χ1n) is 7.51. The summed E-state index contributed by atoms with van der Waals surface area (Å²) in [6, 6.07) is 9.90. The summed E-state index contributed by atoms with van der Waals surface area (Å²) >= 11 is 5.15. The molecule has 1 heterocycles. The number of fused-ring (bicyclic) bond motifs is 1. The van der Waals surface area contributed by atoms with Crippen LogP contribution in [0.3, 0.4) is 0 Å². The van der Waals surface area contributed by atoms with E-state index >= 15 is 0 Å². The Labute approximate surface area is 132 Å². The molecule has 0 amide bonds. The van der Waals surface area contributed by atoms with E-state index in [-0.39, 0.29) is 0 Å². The number of hydrogen-bond donors (Lipinski definition) is 2. The van der Waals surface area contributed by atoms with Crippen molar-refractivity contribution in [3.05, 3.63) is 35.9 Å². The van der Waals surface area contributed by atoms with E-state index in [0.717, 1.165) is 41.2 Å². The first-order valence-corrected chi connectivity index (χ1v) is 7.92. The lowest BCUT2D eigenvalue weighted by Crippen LogP contribution is -2.12. The van der Waals surface area contributed by atoms with Gasteiger partial charge in [0.1, 0.15) is 10.8 Å². The zero-order valence-electron chi connectivity index (χ0n) is 12.7. The van der Waals surface area contributed by atoms with Gasteiger partial charge in [-0.15, -0.1) is 0 Å². The second-order valence-corrected chi connectivity index (χ2v) is 6.19. The quantitative estimate of drug-likeness (QED) is 0.597. The van der Waals surface area contributed by atoms with Crippen molar-refractivity contribution in [3.63, 3.8) is 0 Å². The van der Waals surface area contributed by atoms with Crippen LogP contribution in [0.2, 0.25) is 0 Å². The van der Waals surface area contributed by atoms with Gasteiger partial charge in [0.2, 0.25) is 0 Å². The van der Waals surface area contributed by atoms with Crippen LogP contribution in [0.5, 0.6) is 0 Å². The van der Waals surface area contributed by atoms with Crippen molar-refractivity contribution >= 4 is 33.9 Å². The highest BCUT2D eigenvalue weighted by atomic mass is 32.1. The zero-order valence-corrected chi connectivity index (χ0v) is 13.5. The van der Waals surface area contributed by atoms with Crippen LogP contribution in [0, 0.1) is 5.92 Å². The smallest absolute Gasteiger partial charge is 0.127 e.